The van der Waals surface area contributed by atoms with Crippen molar-refractivity contribution in [2.24, 2.45) is 5.18 Å². The predicted octanol–water partition coefficient (Wildman–Crippen LogP) is -1.10. The Bertz CT molecular complexity index is 475. The van der Waals surface area contributed by atoms with Gasteiger partial charge < -0.3 is 10.8 Å². The van der Waals surface area contributed by atoms with Crippen LogP contribution in [0.3, 0.4) is 0 Å². The molecular weight excluding hydrogens is 204 g/mol. The fourth-order valence-electron chi connectivity index (χ4n) is 1.12. The van der Waals surface area contributed by atoms with Gasteiger partial charge in [-0.05, 0) is 11.6 Å². The van der Waals surface area contributed by atoms with E-state index in [4.69, 9.17) is 10.8 Å². The molecule has 15 heavy (non-hydrogen) atoms. The maximum absolute atomic E-state index is 11.2. The maximum Gasteiger partial charge on any atom is 0.330 e. The fourth-order valence-corrected chi connectivity index (χ4v) is 1.12. The van der Waals surface area contributed by atoms with Crippen molar-refractivity contribution in [2.45, 2.75) is 13.0 Å². The van der Waals surface area contributed by atoms with Crippen molar-refractivity contribution in [2.75, 3.05) is 12.3 Å². The van der Waals surface area contributed by atoms with Crippen LogP contribution >= 0.6 is 0 Å². The Kier molecular flexibility index (Phi) is 3.34. The van der Waals surface area contributed by atoms with E-state index in [-0.39, 0.29) is 25.4 Å². The van der Waals surface area contributed by atoms with Crippen LogP contribution in [0.4, 0.5) is 11.5 Å². The number of nitrogens with two attached hydrogens (primary N) is 1. The van der Waals surface area contributed by atoms with Gasteiger partial charge in [0.1, 0.15) is 5.82 Å². The maximum atomic E-state index is 11.2. The molecule has 1 aromatic rings. The monoisotopic (exact) mass is 214 g/mol. The Labute approximate surface area is 83.3 Å². The lowest BCUT2D eigenvalue weighted by Crippen LogP contribution is -2.32. The zero-order chi connectivity index (χ0) is 11.4. The molecule has 0 saturated carbocycles. The van der Waals surface area contributed by atoms with E-state index < -0.39 is 16.9 Å². The Morgan fingerprint density at radius 2 is 2.13 bits per heavy atom. The van der Waals surface area contributed by atoms with E-state index in [1.165, 1.54) is 0 Å². The van der Waals surface area contributed by atoms with Crippen molar-refractivity contribution in [3.8, 4) is 0 Å². The predicted molar refractivity (Wildman–Crippen MR) is 52.9 cm³/mol. The minimum absolute atomic E-state index is 0.112. The lowest BCUT2D eigenvalue weighted by molar-refractivity contribution is 0.279. The molecular formula is C7H10N4O4. The van der Waals surface area contributed by atoms with Crippen molar-refractivity contribution >= 4 is 11.5 Å². The van der Waals surface area contributed by atoms with E-state index in [1.807, 2.05) is 4.98 Å². The summed E-state index contributed by atoms with van der Waals surface area (Å²) in [5.74, 6) is -0.285. The standard InChI is InChI=1S/C7H10N4O4/c8-5-4(10-15)6(13)9-7(14)11(5)2-1-3-12/h12H,1-3,8H2,(H,9,13,14). The van der Waals surface area contributed by atoms with Crippen LogP contribution in [0.1, 0.15) is 6.42 Å². The van der Waals surface area contributed by atoms with Gasteiger partial charge in [-0.1, -0.05) is 0 Å². The summed E-state index contributed by atoms with van der Waals surface area (Å²) in [7, 11) is 0. The van der Waals surface area contributed by atoms with Crippen LogP contribution in [-0.2, 0) is 6.54 Å². The van der Waals surface area contributed by atoms with E-state index in [1.54, 1.807) is 0 Å². The number of nitrogens with one attached hydrogen (secondary N) is 1. The quantitative estimate of drug-likeness (QED) is 0.547. The Hall–Kier alpha value is -1.96. The van der Waals surface area contributed by atoms with Crippen molar-refractivity contribution in [3.63, 3.8) is 0 Å². The third-order valence-electron chi connectivity index (χ3n) is 1.85. The van der Waals surface area contributed by atoms with E-state index >= 15 is 0 Å². The second kappa shape index (κ2) is 4.51. The highest BCUT2D eigenvalue weighted by atomic mass is 16.3. The summed E-state index contributed by atoms with van der Waals surface area (Å²) < 4.78 is 0.981. The first kappa shape index (κ1) is 11.1. The van der Waals surface area contributed by atoms with Gasteiger partial charge in [-0.2, -0.15) is 0 Å². The number of hydrogen-bond donors (Lipinski definition) is 3. The van der Waals surface area contributed by atoms with Crippen molar-refractivity contribution < 1.29 is 5.11 Å². The first-order chi connectivity index (χ1) is 7.11. The Balaban J connectivity index is 3.32. The number of aromatic amines is 1. The molecule has 0 aromatic carbocycles. The molecule has 82 valence electrons. The van der Waals surface area contributed by atoms with Gasteiger partial charge in [0, 0.05) is 13.2 Å². The minimum Gasteiger partial charge on any atom is -0.396 e. The van der Waals surface area contributed by atoms with Gasteiger partial charge in [-0.3, -0.25) is 14.3 Å². The summed E-state index contributed by atoms with van der Waals surface area (Å²) in [6.07, 6.45) is 0.286. The molecule has 0 amide bonds. The molecule has 1 heterocycles. The molecule has 1 aromatic heterocycles. The molecule has 8 heteroatoms. The Morgan fingerprint density at radius 1 is 1.47 bits per heavy atom. The summed E-state index contributed by atoms with van der Waals surface area (Å²) in [5.41, 5.74) is 3.25. The molecule has 8 nitrogen and oxygen atoms in total. The van der Waals surface area contributed by atoms with E-state index in [0.29, 0.717) is 0 Å². The van der Waals surface area contributed by atoms with Crippen molar-refractivity contribution in [1.82, 2.24) is 9.55 Å². The molecule has 0 fully saturated rings. The molecule has 0 aliphatic carbocycles. The number of aromatic nitrogens is 2. The topological polar surface area (TPSA) is 131 Å². The van der Waals surface area contributed by atoms with Crippen molar-refractivity contribution in [1.29, 1.82) is 0 Å². The highest BCUT2D eigenvalue weighted by Gasteiger charge is 2.11. The molecule has 0 aliphatic heterocycles. The fraction of sp³-hybridized carbons (Fsp3) is 0.429. The van der Waals surface area contributed by atoms with Crippen LogP contribution in [0.15, 0.2) is 14.8 Å². The van der Waals surface area contributed by atoms with Crippen LogP contribution in [0.25, 0.3) is 0 Å². The summed E-state index contributed by atoms with van der Waals surface area (Å²) in [4.78, 5) is 34.4. The average molecular weight is 214 g/mol. The number of hydrogen-bond acceptors (Lipinski definition) is 6. The number of anilines is 1. The number of nitroso groups, excluding NO2 is 1. The third kappa shape index (κ3) is 2.10. The molecule has 0 unspecified atom stereocenters. The van der Waals surface area contributed by atoms with Crippen LogP contribution in [-0.4, -0.2) is 21.3 Å². The van der Waals surface area contributed by atoms with Crippen molar-refractivity contribution in [3.05, 3.63) is 25.7 Å². The number of nitrogen functional groups attached to an aromatic ring is 1. The first-order valence-corrected chi connectivity index (χ1v) is 4.18. The number of H-pyrrole nitrogens is 1. The molecule has 0 bridgehead atoms. The lowest BCUT2D eigenvalue weighted by atomic mass is 10.4. The number of nitrogens with zero attached hydrogens (tertiary/aromatic N) is 2. The van der Waals surface area contributed by atoms with E-state index in [0.717, 1.165) is 4.57 Å². The molecule has 0 saturated heterocycles. The van der Waals surface area contributed by atoms with Gasteiger partial charge >= 0.3 is 5.69 Å². The van der Waals surface area contributed by atoms with Gasteiger partial charge in [0.15, 0.2) is 0 Å². The molecule has 1 rings (SSSR count). The second-order valence-corrected chi connectivity index (χ2v) is 2.81. The first-order valence-electron chi connectivity index (χ1n) is 4.18. The number of aliphatic hydroxyl groups excluding tert-OH is 1. The summed E-state index contributed by atoms with van der Waals surface area (Å²) in [6, 6.07) is 0. The molecule has 0 atom stereocenters. The van der Waals surface area contributed by atoms with E-state index in [9.17, 15) is 14.5 Å². The van der Waals surface area contributed by atoms with Crippen LogP contribution < -0.4 is 17.0 Å². The van der Waals surface area contributed by atoms with E-state index in [2.05, 4.69) is 5.18 Å². The highest BCUT2D eigenvalue weighted by Crippen LogP contribution is 2.12. The third-order valence-corrected chi connectivity index (χ3v) is 1.85. The minimum atomic E-state index is -0.909. The number of rotatable bonds is 4. The highest BCUT2D eigenvalue weighted by molar-refractivity contribution is 5.55. The SMILES string of the molecule is Nc1c(N=O)c(=O)[nH]c(=O)n1CCCO. The van der Waals surface area contributed by atoms with Gasteiger partial charge in [0.25, 0.3) is 5.56 Å². The van der Waals surface area contributed by atoms with Crippen LogP contribution in [0, 0.1) is 4.91 Å². The second-order valence-electron chi connectivity index (χ2n) is 2.81. The number of aliphatic hydroxyl groups is 1. The molecule has 0 spiro atoms. The normalized spacial score (nSPS) is 10.2. The Morgan fingerprint density at radius 3 is 2.67 bits per heavy atom. The largest absolute Gasteiger partial charge is 0.396 e. The average Bonchev–Trinajstić information content (AvgIpc) is 2.17. The zero-order valence-electron chi connectivity index (χ0n) is 7.77. The zero-order valence-corrected chi connectivity index (χ0v) is 7.77. The van der Waals surface area contributed by atoms with Gasteiger partial charge in [0.2, 0.25) is 5.69 Å². The smallest absolute Gasteiger partial charge is 0.330 e. The van der Waals surface area contributed by atoms with Gasteiger partial charge in [-0.15, -0.1) is 4.91 Å². The van der Waals surface area contributed by atoms with Gasteiger partial charge in [0.05, 0.1) is 0 Å². The summed E-state index contributed by atoms with van der Waals surface area (Å²) in [5, 5.41) is 11.0. The van der Waals surface area contributed by atoms with Crippen LogP contribution in [0.5, 0.6) is 0 Å². The molecule has 0 aliphatic rings. The summed E-state index contributed by atoms with van der Waals surface area (Å²) >= 11 is 0. The lowest BCUT2D eigenvalue weighted by Gasteiger charge is -2.07. The molecule has 4 N–H and O–H groups in total. The van der Waals surface area contributed by atoms with Gasteiger partial charge in [-0.25, -0.2) is 4.79 Å². The molecule has 0 radical (unpaired) electrons. The summed E-state index contributed by atoms with van der Waals surface area (Å²) in [6.45, 7) is -0.0185. The van der Waals surface area contributed by atoms with Crippen LogP contribution in [0.2, 0.25) is 0 Å².